The van der Waals surface area contributed by atoms with Crippen molar-refractivity contribution in [3.63, 3.8) is 0 Å². The third-order valence-electron chi connectivity index (χ3n) is 1.78. The summed E-state index contributed by atoms with van der Waals surface area (Å²) < 4.78 is 4.94. The van der Waals surface area contributed by atoms with Gasteiger partial charge >= 0.3 is 0 Å². The number of ether oxygens (including phenoxy) is 1. The molecule has 0 unspecified atom stereocenters. The number of allylic oxidation sites excluding steroid dienone is 1. The fourth-order valence-electron chi connectivity index (χ4n) is 1.06. The molecule has 1 radical (unpaired) electrons. The Bertz CT molecular complexity index is 354. The van der Waals surface area contributed by atoms with Crippen molar-refractivity contribution in [3.05, 3.63) is 52.9 Å². The molecule has 4 heteroatoms. The van der Waals surface area contributed by atoms with Gasteiger partial charge in [-0.25, -0.2) is 0 Å². The summed E-state index contributed by atoms with van der Waals surface area (Å²) in [5.41, 5.74) is 0.512. The van der Waals surface area contributed by atoms with Gasteiger partial charge in [-0.2, -0.15) is 0 Å². The molecule has 0 N–H and O–H groups in total. The normalized spacial score (nSPS) is 11.1. The van der Waals surface area contributed by atoms with E-state index in [2.05, 4.69) is 6.92 Å². The van der Waals surface area contributed by atoms with Crippen molar-refractivity contribution in [1.29, 1.82) is 0 Å². The molecule has 4 nitrogen and oxygen atoms in total. The monoisotopic (exact) mass is 192 g/mol. The number of methoxy groups -OCH3 is 1. The molecule has 73 valence electrons. The van der Waals surface area contributed by atoms with Gasteiger partial charge in [-0.05, 0) is 37.3 Å². The van der Waals surface area contributed by atoms with Gasteiger partial charge in [0, 0.05) is 0 Å². The molecule has 0 aliphatic carbocycles. The second kappa shape index (κ2) is 4.41. The number of hydrogen-bond acceptors (Lipinski definition) is 3. The largest absolute Gasteiger partial charge is 0.497 e. The van der Waals surface area contributed by atoms with Crippen LogP contribution in [-0.2, 0) is 0 Å². The Morgan fingerprint density at radius 3 is 2.43 bits per heavy atom. The quantitative estimate of drug-likeness (QED) is 0.544. The zero-order valence-corrected chi connectivity index (χ0v) is 7.77. The lowest BCUT2D eigenvalue weighted by Gasteiger charge is -2.00. The van der Waals surface area contributed by atoms with E-state index in [9.17, 15) is 10.1 Å². The maximum Gasteiger partial charge on any atom is 0.272 e. The summed E-state index contributed by atoms with van der Waals surface area (Å²) in [7, 11) is 1.54. The fraction of sp³-hybridized carbons (Fsp3) is 0.100. The van der Waals surface area contributed by atoms with Gasteiger partial charge in [-0.1, -0.05) is 0 Å². The minimum Gasteiger partial charge on any atom is -0.497 e. The Morgan fingerprint density at radius 1 is 1.50 bits per heavy atom. The first-order valence-corrected chi connectivity index (χ1v) is 3.97. The van der Waals surface area contributed by atoms with Gasteiger partial charge in [0.25, 0.3) is 5.70 Å². The predicted molar refractivity (Wildman–Crippen MR) is 53.3 cm³/mol. The third kappa shape index (κ3) is 2.10. The molecule has 0 amide bonds. The van der Waals surface area contributed by atoms with Gasteiger partial charge in [0.05, 0.1) is 17.6 Å². The van der Waals surface area contributed by atoms with Crippen LogP contribution in [0.15, 0.2) is 30.3 Å². The number of nitrogens with zero attached hydrogens (tertiary/aromatic N) is 1. The first kappa shape index (κ1) is 10.2. The second-order valence-electron chi connectivity index (χ2n) is 2.57. The van der Waals surface area contributed by atoms with Crippen LogP contribution in [0.2, 0.25) is 0 Å². The molecule has 0 bridgehead atoms. The first-order chi connectivity index (χ1) is 6.69. The van der Waals surface area contributed by atoms with Gasteiger partial charge in [-0.15, -0.1) is 0 Å². The predicted octanol–water partition coefficient (Wildman–Crippen LogP) is 2.15. The minimum absolute atomic E-state index is 0.00680. The average Bonchev–Trinajstić information content (AvgIpc) is 2.19. The zero-order chi connectivity index (χ0) is 10.6. The second-order valence-corrected chi connectivity index (χ2v) is 2.57. The van der Waals surface area contributed by atoms with Crippen LogP contribution in [0.3, 0.4) is 0 Å². The van der Waals surface area contributed by atoms with E-state index >= 15 is 0 Å². The smallest absolute Gasteiger partial charge is 0.272 e. The molecule has 0 aliphatic heterocycles. The van der Waals surface area contributed by atoms with E-state index in [-0.39, 0.29) is 5.70 Å². The van der Waals surface area contributed by atoms with Crippen molar-refractivity contribution in [2.24, 2.45) is 0 Å². The van der Waals surface area contributed by atoms with Crippen molar-refractivity contribution >= 4 is 5.70 Å². The molecule has 0 aliphatic rings. The summed E-state index contributed by atoms with van der Waals surface area (Å²) in [6.07, 6.45) is 1.22. The SMILES string of the molecule is [CH2]/C=C(/c1ccc(OC)cc1)[N+](=O)[O-]. The Balaban J connectivity index is 3.02. The van der Waals surface area contributed by atoms with Gasteiger partial charge in [0.1, 0.15) is 5.75 Å². The van der Waals surface area contributed by atoms with Crippen LogP contribution in [0.1, 0.15) is 5.56 Å². The summed E-state index contributed by atoms with van der Waals surface area (Å²) in [4.78, 5) is 10.1. The maximum absolute atomic E-state index is 10.6. The molecule has 0 atom stereocenters. The van der Waals surface area contributed by atoms with Crippen LogP contribution >= 0.6 is 0 Å². The summed E-state index contributed by atoms with van der Waals surface area (Å²) in [5.74, 6) is 0.667. The lowest BCUT2D eigenvalue weighted by molar-refractivity contribution is -0.375. The van der Waals surface area contributed by atoms with Gasteiger partial charge in [0.15, 0.2) is 0 Å². The molecule has 0 aromatic heterocycles. The molecule has 0 heterocycles. The standard InChI is InChI=1S/C10H10NO3/c1-3-10(11(12)13)8-4-6-9(14-2)7-5-8/h3-7H,1H2,2H3/b10-3-. The number of nitro groups is 1. The van der Waals surface area contributed by atoms with E-state index in [1.54, 1.807) is 31.4 Å². The molecule has 0 fully saturated rings. The molecule has 0 saturated carbocycles. The van der Waals surface area contributed by atoms with E-state index in [0.717, 1.165) is 0 Å². The van der Waals surface area contributed by atoms with E-state index in [1.165, 1.54) is 6.08 Å². The Morgan fingerprint density at radius 2 is 2.07 bits per heavy atom. The van der Waals surface area contributed by atoms with Crippen LogP contribution in [0.25, 0.3) is 5.70 Å². The number of rotatable bonds is 3. The lowest BCUT2D eigenvalue weighted by atomic mass is 10.1. The summed E-state index contributed by atoms with van der Waals surface area (Å²) in [5, 5.41) is 10.6. The van der Waals surface area contributed by atoms with E-state index in [1.807, 2.05) is 0 Å². The molecular weight excluding hydrogens is 182 g/mol. The minimum atomic E-state index is -0.463. The van der Waals surface area contributed by atoms with Crippen molar-refractivity contribution in [1.82, 2.24) is 0 Å². The van der Waals surface area contributed by atoms with Gasteiger partial charge in [-0.3, -0.25) is 10.1 Å². The van der Waals surface area contributed by atoms with Crippen molar-refractivity contribution in [2.45, 2.75) is 0 Å². The Labute approximate surface area is 82.0 Å². The molecule has 1 aromatic carbocycles. The zero-order valence-electron chi connectivity index (χ0n) is 7.77. The number of benzene rings is 1. The molecule has 0 spiro atoms. The molecule has 14 heavy (non-hydrogen) atoms. The van der Waals surface area contributed by atoms with Crippen LogP contribution in [0.4, 0.5) is 0 Å². The molecule has 1 rings (SSSR count). The highest BCUT2D eigenvalue weighted by molar-refractivity contribution is 5.59. The van der Waals surface area contributed by atoms with Gasteiger partial charge < -0.3 is 4.74 Å². The highest BCUT2D eigenvalue weighted by Gasteiger charge is 2.11. The highest BCUT2D eigenvalue weighted by Crippen LogP contribution is 2.18. The van der Waals surface area contributed by atoms with Crippen LogP contribution in [0, 0.1) is 17.0 Å². The summed E-state index contributed by atoms with van der Waals surface area (Å²) >= 11 is 0. The third-order valence-corrected chi connectivity index (χ3v) is 1.78. The Hall–Kier alpha value is -1.84. The first-order valence-electron chi connectivity index (χ1n) is 3.97. The van der Waals surface area contributed by atoms with Crippen LogP contribution < -0.4 is 4.74 Å². The van der Waals surface area contributed by atoms with Crippen LogP contribution in [0.5, 0.6) is 5.75 Å². The lowest BCUT2D eigenvalue weighted by Crippen LogP contribution is -1.97. The van der Waals surface area contributed by atoms with Crippen molar-refractivity contribution in [3.8, 4) is 5.75 Å². The van der Waals surface area contributed by atoms with E-state index in [4.69, 9.17) is 4.74 Å². The number of hydrogen-bond donors (Lipinski definition) is 0. The fourth-order valence-corrected chi connectivity index (χ4v) is 1.06. The maximum atomic E-state index is 10.6. The average molecular weight is 192 g/mol. The summed E-state index contributed by atoms with van der Waals surface area (Å²) in [6, 6.07) is 6.59. The van der Waals surface area contributed by atoms with Crippen molar-refractivity contribution < 1.29 is 9.66 Å². The summed E-state index contributed by atoms with van der Waals surface area (Å²) in [6.45, 7) is 3.39. The molecule has 1 aromatic rings. The topological polar surface area (TPSA) is 52.4 Å². The van der Waals surface area contributed by atoms with Crippen LogP contribution in [-0.4, -0.2) is 12.0 Å². The highest BCUT2D eigenvalue weighted by atomic mass is 16.6. The Kier molecular flexibility index (Phi) is 3.23. The van der Waals surface area contributed by atoms with E-state index < -0.39 is 4.92 Å². The van der Waals surface area contributed by atoms with Gasteiger partial charge in [0.2, 0.25) is 0 Å². The van der Waals surface area contributed by atoms with E-state index in [0.29, 0.717) is 11.3 Å². The molecular formula is C10H10NO3. The molecule has 0 saturated heterocycles. The van der Waals surface area contributed by atoms with Crippen molar-refractivity contribution in [2.75, 3.05) is 7.11 Å².